The third-order valence-corrected chi connectivity index (χ3v) is 5.58. The van der Waals surface area contributed by atoms with Crippen molar-refractivity contribution in [1.82, 2.24) is 0 Å². The van der Waals surface area contributed by atoms with Crippen molar-refractivity contribution in [2.24, 2.45) is 0 Å². The second-order valence-corrected chi connectivity index (χ2v) is 7.99. The molecule has 2 aromatic rings. The fourth-order valence-corrected chi connectivity index (χ4v) is 3.71. The number of rotatable bonds is 6. The number of halogens is 2. The normalized spacial score (nSPS) is 16.9. The Morgan fingerprint density at radius 3 is 2.50 bits per heavy atom. The van der Waals surface area contributed by atoms with E-state index in [1.807, 2.05) is 6.92 Å². The van der Waals surface area contributed by atoms with Gasteiger partial charge in [0, 0.05) is 5.02 Å². The van der Waals surface area contributed by atoms with Gasteiger partial charge in [0.15, 0.2) is 0 Å². The summed E-state index contributed by atoms with van der Waals surface area (Å²) >= 11 is 12.2. The molecular formula is C16H15Cl2NO4S. The van der Waals surface area contributed by atoms with Crippen LogP contribution in [0.2, 0.25) is 10.0 Å². The molecule has 0 N–H and O–H groups in total. The minimum absolute atomic E-state index is 0.0980. The molecule has 1 heterocycles. The molecule has 3 rings (SSSR count). The average molecular weight is 388 g/mol. The summed E-state index contributed by atoms with van der Waals surface area (Å²) in [6.07, 6.45) is -0.112. The van der Waals surface area contributed by atoms with Crippen molar-refractivity contribution in [3.05, 3.63) is 58.1 Å². The Kier molecular flexibility index (Phi) is 5.03. The van der Waals surface area contributed by atoms with Gasteiger partial charge in [-0.05, 0) is 37.3 Å². The van der Waals surface area contributed by atoms with Crippen LogP contribution >= 0.6 is 23.2 Å². The lowest BCUT2D eigenvalue weighted by atomic mass is 10.2. The van der Waals surface area contributed by atoms with Crippen molar-refractivity contribution in [1.29, 1.82) is 0 Å². The lowest BCUT2D eigenvalue weighted by Crippen LogP contribution is -2.33. The first-order valence-electron chi connectivity index (χ1n) is 7.19. The van der Waals surface area contributed by atoms with Crippen LogP contribution in [0.3, 0.4) is 0 Å². The number of sulfonamides is 1. The Morgan fingerprint density at radius 2 is 1.88 bits per heavy atom. The Hall–Kier alpha value is -1.31. The highest BCUT2D eigenvalue weighted by Gasteiger charge is 2.31. The summed E-state index contributed by atoms with van der Waals surface area (Å²) in [5.41, 5.74) is 1.11. The van der Waals surface area contributed by atoms with Crippen molar-refractivity contribution >= 4 is 38.9 Å². The number of hydrogen-bond donors (Lipinski definition) is 0. The molecule has 5 nitrogen and oxygen atoms in total. The summed E-state index contributed by atoms with van der Waals surface area (Å²) < 4.78 is 31.9. The zero-order valence-electron chi connectivity index (χ0n) is 12.8. The predicted octanol–water partition coefficient (Wildman–Crippen LogP) is 3.83. The van der Waals surface area contributed by atoms with Gasteiger partial charge in [-0.2, -0.15) is 8.42 Å². The molecule has 0 amide bonds. The molecule has 0 aromatic heterocycles. The van der Waals surface area contributed by atoms with E-state index in [0.29, 0.717) is 11.6 Å². The number of aryl methyl sites for hydroxylation is 1. The van der Waals surface area contributed by atoms with Crippen LogP contribution in [0.5, 0.6) is 0 Å². The quantitative estimate of drug-likeness (QED) is 0.558. The fourth-order valence-electron chi connectivity index (χ4n) is 2.02. The summed E-state index contributed by atoms with van der Waals surface area (Å²) in [5.74, 6) is 0. The Bertz CT molecular complexity index is 836. The second kappa shape index (κ2) is 6.90. The summed E-state index contributed by atoms with van der Waals surface area (Å²) in [4.78, 5) is 5.61. The minimum Gasteiger partial charge on any atom is -0.371 e. The first-order valence-corrected chi connectivity index (χ1v) is 9.39. The average Bonchev–Trinajstić information content (AvgIpc) is 3.35. The largest absolute Gasteiger partial charge is 0.371 e. The van der Waals surface area contributed by atoms with E-state index >= 15 is 0 Å². The lowest BCUT2D eigenvalue weighted by Gasteiger charge is -2.24. The van der Waals surface area contributed by atoms with Gasteiger partial charge in [0.2, 0.25) is 0 Å². The third-order valence-electron chi connectivity index (χ3n) is 3.42. The standard InChI is InChI=1S/C16H15Cl2NO4S/c1-11-2-5-14(6-3-11)24(20,21)19(23-10-13-9-22-13)16-8-12(17)4-7-15(16)18/h2-8,13H,9-10H2,1H3. The van der Waals surface area contributed by atoms with E-state index in [1.54, 1.807) is 18.2 Å². The van der Waals surface area contributed by atoms with Crippen LogP contribution < -0.4 is 4.47 Å². The number of benzene rings is 2. The molecular weight excluding hydrogens is 373 g/mol. The van der Waals surface area contributed by atoms with Crippen LogP contribution in [0.1, 0.15) is 5.56 Å². The van der Waals surface area contributed by atoms with Crippen LogP contribution in [-0.2, 0) is 19.6 Å². The highest BCUT2D eigenvalue weighted by molar-refractivity contribution is 7.92. The number of ether oxygens (including phenoxy) is 1. The van der Waals surface area contributed by atoms with Crippen molar-refractivity contribution in [2.45, 2.75) is 17.9 Å². The molecule has 0 radical (unpaired) electrons. The molecule has 1 aliphatic rings. The van der Waals surface area contributed by atoms with E-state index < -0.39 is 10.0 Å². The summed E-state index contributed by atoms with van der Waals surface area (Å²) in [6, 6.07) is 11.0. The lowest BCUT2D eigenvalue weighted by molar-refractivity contribution is 0.129. The molecule has 1 saturated heterocycles. The summed E-state index contributed by atoms with van der Waals surface area (Å²) in [7, 11) is -3.97. The highest BCUT2D eigenvalue weighted by atomic mass is 35.5. The van der Waals surface area contributed by atoms with Gasteiger partial charge >= 0.3 is 0 Å². The van der Waals surface area contributed by atoms with Gasteiger partial charge in [-0.1, -0.05) is 40.9 Å². The molecule has 0 saturated carbocycles. The van der Waals surface area contributed by atoms with Crippen molar-refractivity contribution < 1.29 is 18.0 Å². The van der Waals surface area contributed by atoms with E-state index in [2.05, 4.69) is 0 Å². The Morgan fingerprint density at radius 1 is 1.21 bits per heavy atom. The first kappa shape index (κ1) is 17.5. The minimum atomic E-state index is -3.97. The van der Waals surface area contributed by atoms with Crippen molar-refractivity contribution in [2.75, 3.05) is 17.7 Å². The molecule has 1 aliphatic heterocycles. The van der Waals surface area contributed by atoms with Gasteiger partial charge in [0.1, 0.15) is 18.4 Å². The molecule has 0 spiro atoms. The Labute approximate surface area is 150 Å². The SMILES string of the molecule is Cc1ccc(S(=O)(=O)N(OCC2CO2)c2cc(Cl)ccc2Cl)cc1. The van der Waals surface area contributed by atoms with E-state index in [9.17, 15) is 8.42 Å². The van der Waals surface area contributed by atoms with E-state index in [0.717, 1.165) is 10.0 Å². The van der Waals surface area contributed by atoms with Gasteiger partial charge < -0.3 is 4.74 Å². The summed E-state index contributed by atoms with van der Waals surface area (Å²) in [6.45, 7) is 2.53. The molecule has 1 unspecified atom stereocenters. The molecule has 0 aliphatic carbocycles. The number of anilines is 1. The second-order valence-electron chi connectivity index (χ2n) is 5.39. The van der Waals surface area contributed by atoms with Crippen LogP contribution in [-0.4, -0.2) is 27.7 Å². The van der Waals surface area contributed by atoms with Crippen LogP contribution in [0.25, 0.3) is 0 Å². The molecule has 2 aromatic carbocycles. The molecule has 24 heavy (non-hydrogen) atoms. The zero-order valence-corrected chi connectivity index (χ0v) is 15.1. The van der Waals surface area contributed by atoms with Crippen LogP contribution in [0.4, 0.5) is 5.69 Å². The van der Waals surface area contributed by atoms with Crippen molar-refractivity contribution in [3.8, 4) is 0 Å². The maximum atomic E-state index is 13.0. The van der Waals surface area contributed by atoms with E-state index in [1.165, 1.54) is 24.3 Å². The maximum absolute atomic E-state index is 13.0. The van der Waals surface area contributed by atoms with E-state index in [4.69, 9.17) is 32.8 Å². The summed E-state index contributed by atoms with van der Waals surface area (Å²) in [5, 5.41) is 0.566. The van der Waals surface area contributed by atoms with E-state index in [-0.39, 0.29) is 28.3 Å². The third kappa shape index (κ3) is 3.84. The predicted molar refractivity (Wildman–Crippen MR) is 93.0 cm³/mol. The first-order chi connectivity index (χ1) is 11.4. The Balaban J connectivity index is 2.02. The smallest absolute Gasteiger partial charge is 0.286 e. The van der Waals surface area contributed by atoms with Crippen LogP contribution in [0, 0.1) is 6.92 Å². The van der Waals surface area contributed by atoms with Crippen molar-refractivity contribution in [3.63, 3.8) is 0 Å². The molecule has 1 atom stereocenters. The highest BCUT2D eigenvalue weighted by Crippen LogP contribution is 2.33. The molecule has 128 valence electrons. The van der Waals surface area contributed by atoms with Gasteiger partial charge in [0.05, 0.1) is 16.5 Å². The number of epoxide rings is 1. The van der Waals surface area contributed by atoms with Crippen LogP contribution in [0.15, 0.2) is 47.4 Å². The topological polar surface area (TPSA) is 59.1 Å². The number of hydrogen-bond acceptors (Lipinski definition) is 4. The van der Waals surface area contributed by atoms with Gasteiger partial charge in [-0.15, -0.1) is 4.47 Å². The maximum Gasteiger partial charge on any atom is 0.286 e. The van der Waals surface area contributed by atoms with Gasteiger partial charge in [-0.3, -0.25) is 4.84 Å². The van der Waals surface area contributed by atoms with Gasteiger partial charge in [0.25, 0.3) is 10.0 Å². The fraction of sp³-hybridized carbons (Fsp3) is 0.250. The monoisotopic (exact) mass is 387 g/mol. The number of nitrogens with zero attached hydrogens (tertiary/aromatic N) is 1. The molecule has 8 heteroatoms. The molecule has 0 bridgehead atoms. The zero-order chi connectivity index (χ0) is 17.3. The van der Waals surface area contributed by atoms with Gasteiger partial charge in [-0.25, -0.2) is 0 Å². The molecule has 1 fully saturated rings.